The Bertz CT molecular complexity index is 171. The second-order valence-corrected chi connectivity index (χ2v) is 2.63. The second-order valence-electron chi connectivity index (χ2n) is 2.63. The van der Waals surface area contributed by atoms with Crippen molar-refractivity contribution in [3.05, 3.63) is 37.2 Å². The van der Waals surface area contributed by atoms with Crippen molar-refractivity contribution in [1.82, 2.24) is 10.2 Å². The summed E-state index contributed by atoms with van der Waals surface area (Å²) in [6.45, 7) is 5.74. The summed E-state index contributed by atoms with van der Waals surface area (Å²) in [6, 6.07) is 0.396. The summed E-state index contributed by atoms with van der Waals surface area (Å²) in [4.78, 5) is 2.11. The van der Waals surface area contributed by atoms with Gasteiger partial charge in [-0.1, -0.05) is 24.8 Å². The second kappa shape index (κ2) is 6.53. The molecule has 0 heterocycles. The normalized spacial score (nSPS) is 13.6. The fourth-order valence-electron chi connectivity index (χ4n) is 0.703. The molecule has 0 spiro atoms. The monoisotopic (exact) mass is 166 g/mol. The van der Waals surface area contributed by atoms with Gasteiger partial charge in [0.25, 0.3) is 0 Å². The average molecular weight is 166 g/mol. The van der Waals surface area contributed by atoms with Crippen molar-refractivity contribution < 1.29 is 0 Å². The Kier molecular flexibility index (Phi) is 5.88. The molecular formula is C10H18N2. The first kappa shape index (κ1) is 10.8. The lowest BCUT2D eigenvalue weighted by Crippen LogP contribution is -2.21. The summed E-state index contributed by atoms with van der Waals surface area (Å²) < 4.78 is 0. The van der Waals surface area contributed by atoms with Gasteiger partial charge in [0.15, 0.2) is 0 Å². The molecule has 12 heavy (non-hydrogen) atoms. The fraction of sp³-hybridized carbons (Fsp3) is 0.400. The molecule has 0 aromatic rings. The highest BCUT2D eigenvalue weighted by Gasteiger charge is 1.97. The third-order valence-electron chi connectivity index (χ3n) is 1.64. The van der Waals surface area contributed by atoms with Gasteiger partial charge in [-0.25, -0.2) is 0 Å². The number of nitrogens with one attached hydrogen (secondary N) is 1. The molecule has 0 aliphatic heterocycles. The maximum absolute atomic E-state index is 3.62. The summed E-state index contributed by atoms with van der Waals surface area (Å²) in [5.41, 5.74) is 0. The number of allylic oxidation sites excluding steroid dienone is 2. The van der Waals surface area contributed by atoms with E-state index in [-0.39, 0.29) is 0 Å². The first-order valence-corrected chi connectivity index (χ1v) is 4.07. The molecule has 0 saturated heterocycles. The van der Waals surface area contributed by atoms with Crippen LogP contribution in [0.2, 0.25) is 0 Å². The van der Waals surface area contributed by atoms with Gasteiger partial charge in [0.2, 0.25) is 0 Å². The SMILES string of the molecule is C=C/C=C/C(C)N(C)/C=C/NC. The molecule has 0 aromatic heterocycles. The molecule has 0 aromatic carbocycles. The first-order chi connectivity index (χ1) is 5.72. The van der Waals surface area contributed by atoms with E-state index in [1.807, 2.05) is 32.6 Å². The van der Waals surface area contributed by atoms with Crippen molar-refractivity contribution in [1.29, 1.82) is 0 Å². The third kappa shape index (κ3) is 4.61. The predicted octanol–water partition coefficient (Wildman–Crippen LogP) is 1.74. The number of likely N-dealkylation sites (N-methyl/N-ethyl adjacent to an activating group) is 1. The van der Waals surface area contributed by atoms with Crippen LogP contribution in [0.3, 0.4) is 0 Å². The van der Waals surface area contributed by atoms with Gasteiger partial charge in [0.05, 0.1) is 0 Å². The largest absolute Gasteiger partial charge is 0.393 e. The zero-order valence-corrected chi connectivity index (χ0v) is 8.12. The van der Waals surface area contributed by atoms with Gasteiger partial charge >= 0.3 is 0 Å². The van der Waals surface area contributed by atoms with E-state index in [4.69, 9.17) is 0 Å². The molecule has 0 amide bonds. The van der Waals surface area contributed by atoms with Crippen molar-refractivity contribution in [2.45, 2.75) is 13.0 Å². The zero-order valence-electron chi connectivity index (χ0n) is 8.12. The summed E-state index contributed by atoms with van der Waals surface area (Å²) in [5, 5.41) is 2.94. The van der Waals surface area contributed by atoms with Crippen LogP contribution in [0, 0.1) is 0 Å². The van der Waals surface area contributed by atoms with Crippen LogP contribution < -0.4 is 5.32 Å². The first-order valence-electron chi connectivity index (χ1n) is 4.07. The minimum atomic E-state index is 0.396. The van der Waals surface area contributed by atoms with Gasteiger partial charge in [-0.3, -0.25) is 0 Å². The highest BCUT2D eigenvalue weighted by atomic mass is 15.1. The highest BCUT2D eigenvalue weighted by molar-refractivity contribution is 5.03. The molecule has 1 atom stereocenters. The lowest BCUT2D eigenvalue weighted by molar-refractivity contribution is 0.406. The molecule has 2 nitrogen and oxygen atoms in total. The van der Waals surface area contributed by atoms with Gasteiger partial charge < -0.3 is 10.2 Å². The van der Waals surface area contributed by atoms with Crippen LogP contribution in [0.1, 0.15) is 6.92 Å². The Hall–Kier alpha value is -1.18. The molecule has 0 aliphatic rings. The maximum atomic E-state index is 3.62. The molecule has 1 N–H and O–H groups in total. The Balaban J connectivity index is 3.91. The van der Waals surface area contributed by atoms with Gasteiger partial charge in [-0.05, 0) is 6.92 Å². The molecule has 68 valence electrons. The van der Waals surface area contributed by atoms with E-state index in [1.165, 1.54) is 0 Å². The molecule has 1 unspecified atom stereocenters. The zero-order chi connectivity index (χ0) is 9.40. The van der Waals surface area contributed by atoms with Gasteiger partial charge in [0, 0.05) is 32.5 Å². The quantitative estimate of drug-likeness (QED) is 0.626. The van der Waals surface area contributed by atoms with Crippen LogP contribution in [0.5, 0.6) is 0 Å². The number of hydrogen-bond acceptors (Lipinski definition) is 2. The molecule has 0 rings (SSSR count). The van der Waals surface area contributed by atoms with E-state index in [0.29, 0.717) is 6.04 Å². The molecule has 2 heteroatoms. The molecule has 0 bridgehead atoms. The Morgan fingerprint density at radius 3 is 2.67 bits per heavy atom. The molecular weight excluding hydrogens is 148 g/mol. The van der Waals surface area contributed by atoms with E-state index >= 15 is 0 Å². The third-order valence-corrected chi connectivity index (χ3v) is 1.64. The molecule has 0 saturated carbocycles. The smallest absolute Gasteiger partial charge is 0.0439 e. The van der Waals surface area contributed by atoms with Crippen molar-refractivity contribution in [3.63, 3.8) is 0 Å². The van der Waals surface area contributed by atoms with E-state index < -0.39 is 0 Å². The maximum Gasteiger partial charge on any atom is 0.0439 e. The topological polar surface area (TPSA) is 15.3 Å². The van der Waals surface area contributed by atoms with Crippen LogP contribution in [0.4, 0.5) is 0 Å². The van der Waals surface area contributed by atoms with Crippen molar-refractivity contribution in [2.75, 3.05) is 14.1 Å². The minimum absolute atomic E-state index is 0.396. The van der Waals surface area contributed by atoms with Crippen LogP contribution in [-0.4, -0.2) is 25.0 Å². The average Bonchev–Trinajstić information content (AvgIpc) is 2.10. The van der Waals surface area contributed by atoms with Crippen molar-refractivity contribution in [3.8, 4) is 0 Å². The Labute approximate surface area is 75.3 Å². The molecule has 0 fully saturated rings. The number of rotatable bonds is 5. The standard InChI is InChI=1S/C10H18N2/c1-5-6-7-10(2)12(4)9-8-11-3/h5-11H,1H2,2-4H3/b7-6+,9-8+. The van der Waals surface area contributed by atoms with Crippen LogP contribution in [0.15, 0.2) is 37.2 Å². The van der Waals surface area contributed by atoms with E-state index in [2.05, 4.69) is 29.8 Å². The minimum Gasteiger partial charge on any atom is -0.393 e. The Morgan fingerprint density at radius 1 is 1.50 bits per heavy atom. The summed E-state index contributed by atoms with van der Waals surface area (Å²) in [5.74, 6) is 0. The van der Waals surface area contributed by atoms with Crippen molar-refractivity contribution in [2.24, 2.45) is 0 Å². The number of nitrogens with zero attached hydrogens (tertiary/aromatic N) is 1. The molecule has 0 radical (unpaired) electrons. The molecule has 0 aliphatic carbocycles. The van der Waals surface area contributed by atoms with Gasteiger partial charge in [0.1, 0.15) is 0 Å². The van der Waals surface area contributed by atoms with E-state index in [1.54, 1.807) is 6.08 Å². The van der Waals surface area contributed by atoms with Crippen LogP contribution in [0.25, 0.3) is 0 Å². The van der Waals surface area contributed by atoms with Crippen LogP contribution >= 0.6 is 0 Å². The van der Waals surface area contributed by atoms with Gasteiger partial charge in [-0.15, -0.1) is 0 Å². The lowest BCUT2D eigenvalue weighted by atomic mass is 10.3. The predicted molar refractivity (Wildman–Crippen MR) is 54.8 cm³/mol. The summed E-state index contributed by atoms with van der Waals surface area (Å²) >= 11 is 0. The lowest BCUT2D eigenvalue weighted by Gasteiger charge is -2.19. The number of hydrogen-bond donors (Lipinski definition) is 1. The van der Waals surface area contributed by atoms with Gasteiger partial charge in [-0.2, -0.15) is 0 Å². The highest BCUT2D eigenvalue weighted by Crippen LogP contribution is 1.97. The van der Waals surface area contributed by atoms with E-state index in [0.717, 1.165) is 0 Å². The van der Waals surface area contributed by atoms with Crippen molar-refractivity contribution >= 4 is 0 Å². The summed E-state index contributed by atoms with van der Waals surface area (Å²) in [6.07, 6.45) is 9.73. The Morgan fingerprint density at radius 2 is 2.17 bits per heavy atom. The van der Waals surface area contributed by atoms with Crippen LogP contribution in [-0.2, 0) is 0 Å². The summed E-state index contributed by atoms with van der Waals surface area (Å²) in [7, 11) is 3.92. The fourth-order valence-corrected chi connectivity index (χ4v) is 0.703. The van der Waals surface area contributed by atoms with E-state index in [9.17, 15) is 0 Å².